The number of pyridine rings is 1. The minimum atomic E-state index is -2.11. The zero-order valence-corrected chi connectivity index (χ0v) is 23.0. The van der Waals surface area contributed by atoms with Gasteiger partial charge in [-0.3, -0.25) is 4.98 Å². The van der Waals surface area contributed by atoms with Gasteiger partial charge in [0.25, 0.3) is 0 Å². The van der Waals surface area contributed by atoms with Crippen LogP contribution >= 0.6 is 11.6 Å². The minimum absolute atomic E-state index is 0.0169. The Labute approximate surface area is 213 Å². The monoisotopic (exact) mass is 522 g/mol. The Morgan fingerprint density at radius 2 is 2.03 bits per heavy atom. The number of benzene rings is 1. The Hall–Kier alpha value is -2.36. The van der Waals surface area contributed by atoms with Crippen molar-refractivity contribution in [2.75, 3.05) is 23.3 Å². The Morgan fingerprint density at radius 1 is 1.31 bits per heavy atom. The summed E-state index contributed by atoms with van der Waals surface area (Å²) in [5.41, 5.74) is 2.56. The molecule has 3 rings (SSSR count). The molecule has 0 aliphatic carbocycles. The van der Waals surface area contributed by atoms with Crippen molar-refractivity contribution in [3.8, 4) is 0 Å². The standard InChI is InChI=1S/C25H36ClFN4O3Si/c1-16-14-31(15-21(30-24(32)33)23(16)34-35(5,6)25(2,3)4)22-9-10-28-13-20(22)29-12-17-7-8-19(27)18(26)11-17/h7-11,13,16,21,23,29-30H,12,14-15H2,1-6H3,(H,32,33)/t16-,21+,23+/m0/s1. The lowest BCUT2D eigenvalue weighted by molar-refractivity contribution is 0.0722. The summed E-state index contributed by atoms with van der Waals surface area (Å²) >= 11 is 5.92. The molecule has 1 aromatic heterocycles. The summed E-state index contributed by atoms with van der Waals surface area (Å²) in [4.78, 5) is 18.1. The number of piperidine rings is 1. The van der Waals surface area contributed by atoms with E-state index in [9.17, 15) is 14.3 Å². The van der Waals surface area contributed by atoms with E-state index in [1.807, 2.05) is 6.07 Å². The van der Waals surface area contributed by atoms with E-state index < -0.39 is 20.2 Å². The first kappa shape index (κ1) is 27.2. The normalized spacial score (nSPS) is 21.0. The number of amides is 1. The summed E-state index contributed by atoms with van der Waals surface area (Å²) < 4.78 is 20.2. The highest BCUT2D eigenvalue weighted by Gasteiger charge is 2.45. The van der Waals surface area contributed by atoms with Gasteiger partial charge in [-0.05, 0) is 41.9 Å². The van der Waals surface area contributed by atoms with Crippen LogP contribution in [0.15, 0.2) is 36.7 Å². The third kappa shape index (κ3) is 6.65. The maximum atomic E-state index is 13.5. The average molecular weight is 523 g/mol. The van der Waals surface area contributed by atoms with Crippen molar-refractivity contribution in [3.63, 3.8) is 0 Å². The van der Waals surface area contributed by atoms with Crippen LogP contribution in [0.3, 0.4) is 0 Å². The maximum absolute atomic E-state index is 13.5. The Balaban J connectivity index is 1.82. The summed E-state index contributed by atoms with van der Waals surface area (Å²) in [6, 6.07) is 6.16. The molecule has 3 N–H and O–H groups in total. The van der Waals surface area contributed by atoms with Gasteiger partial charge in [0.05, 0.1) is 34.7 Å². The van der Waals surface area contributed by atoms with Crippen LogP contribution < -0.4 is 15.5 Å². The molecule has 10 heteroatoms. The van der Waals surface area contributed by atoms with Crippen LogP contribution in [-0.4, -0.2) is 49.7 Å². The fourth-order valence-electron chi connectivity index (χ4n) is 4.11. The van der Waals surface area contributed by atoms with E-state index in [2.05, 4.69) is 61.3 Å². The molecule has 1 aliphatic heterocycles. The van der Waals surface area contributed by atoms with Crippen LogP contribution in [0.5, 0.6) is 0 Å². The molecule has 35 heavy (non-hydrogen) atoms. The smallest absolute Gasteiger partial charge is 0.405 e. The first-order valence-electron chi connectivity index (χ1n) is 11.8. The molecular formula is C25H36ClFN4O3Si. The van der Waals surface area contributed by atoms with Crippen LogP contribution in [0.25, 0.3) is 0 Å². The number of carboxylic acid groups (broad SMARTS) is 1. The lowest BCUT2D eigenvalue weighted by atomic mass is 9.92. The van der Waals surface area contributed by atoms with Crippen molar-refractivity contribution in [2.45, 2.75) is 64.5 Å². The highest BCUT2D eigenvalue weighted by Crippen LogP contribution is 2.40. The molecule has 0 spiro atoms. The molecule has 7 nitrogen and oxygen atoms in total. The van der Waals surface area contributed by atoms with Crippen molar-refractivity contribution in [1.29, 1.82) is 0 Å². The molecule has 1 aromatic carbocycles. The van der Waals surface area contributed by atoms with Crippen LogP contribution in [0.4, 0.5) is 20.6 Å². The van der Waals surface area contributed by atoms with Gasteiger partial charge >= 0.3 is 6.09 Å². The number of rotatable bonds is 7. The molecule has 2 heterocycles. The van der Waals surface area contributed by atoms with Gasteiger partial charge in [0.2, 0.25) is 0 Å². The van der Waals surface area contributed by atoms with E-state index in [0.29, 0.717) is 19.6 Å². The maximum Gasteiger partial charge on any atom is 0.405 e. The van der Waals surface area contributed by atoms with Crippen LogP contribution in [0.1, 0.15) is 33.3 Å². The molecular weight excluding hydrogens is 487 g/mol. The molecule has 1 aliphatic rings. The predicted octanol–water partition coefficient (Wildman–Crippen LogP) is 5.97. The zero-order valence-electron chi connectivity index (χ0n) is 21.2. The molecule has 2 aromatic rings. The van der Waals surface area contributed by atoms with Crippen molar-refractivity contribution in [3.05, 3.63) is 53.1 Å². The number of hydrogen-bond acceptors (Lipinski definition) is 5. The number of nitrogens with one attached hydrogen (secondary N) is 2. The highest BCUT2D eigenvalue weighted by molar-refractivity contribution is 6.74. The van der Waals surface area contributed by atoms with E-state index in [4.69, 9.17) is 16.0 Å². The second-order valence-corrected chi connectivity index (χ2v) is 15.9. The molecule has 1 fully saturated rings. The number of anilines is 2. The molecule has 0 unspecified atom stereocenters. The van der Waals surface area contributed by atoms with Crippen LogP contribution in [0.2, 0.25) is 23.2 Å². The van der Waals surface area contributed by atoms with Gasteiger partial charge in [0.1, 0.15) is 5.82 Å². The van der Waals surface area contributed by atoms with Gasteiger partial charge in [-0.2, -0.15) is 0 Å². The van der Waals surface area contributed by atoms with Gasteiger partial charge in [-0.25, -0.2) is 9.18 Å². The van der Waals surface area contributed by atoms with Crippen LogP contribution in [0, 0.1) is 11.7 Å². The molecule has 0 saturated carbocycles. The number of aromatic nitrogens is 1. The largest absolute Gasteiger partial charge is 0.465 e. The number of hydrogen-bond donors (Lipinski definition) is 3. The SMILES string of the molecule is C[C@H]1CN(c2ccncc2NCc2ccc(F)c(Cl)c2)C[C@@H](NC(=O)O)[C@@H]1O[Si](C)(C)C(C)(C)C. The van der Waals surface area contributed by atoms with Crippen molar-refractivity contribution in [1.82, 2.24) is 10.3 Å². The predicted molar refractivity (Wildman–Crippen MR) is 141 cm³/mol. The van der Waals surface area contributed by atoms with E-state index in [0.717, 1.165) is 16.9 Å². The lowest BCUT2D eigenvalue weighted by Gasteiger charge is -2.48. The summed E-state index contributed by atoms with van der Waals surface area (Å²) in [7, 11) is -2.11. The summed E-state index contributed by atoms with van der Waals surface area (Å²) in [6.07, 6.45) is 2.18. The van der Waals surface area contributed by atoms with Gasteiger partial charge in [0.15, 0.2) is 8.32 Å². The number of nitrogens with zero attached hydrogens (tertiary/aromatic N) is 2. The van der Waals surface area contributed by atoms with Gasteiger partial charge < -0.3 is 25.1 Å². The Bertz CT molecular complexity index is 1050. The van der Waals surface area contributed by atoms with Gasteiger partial charge in [0, 0.05) is 31.7 Å². The fourth-order valence-corrected chi connectivity index (χ4v) is 5.74. The molecule has 0 radical (unpaired) electrons. The van der Waals surface area contributed by atoms with E-state index in [1.54, 1.807) is 24.5 Å². The van der Waals surface area contributed by atoms with E-state index in [1.165, 1.54) is 6.07 Å². The van der Waals surface area contributed by atoms with E-state index >= 15 is 0 Å². The minimum Gasteiger partial charge on any atom is -0.465 e. The summed E-state index contributed by atoms with van der Waals surface area (Å²) in [5, 5.41) is 15.7. The molecule has 192 valence electrons. The van der Waals surface area contributed by atoms with Gasteiger partial charge in [-0.1, -0.05) is 45.4 Å². The second kappa shape index (κ2) is 10.7. The first-order chi connectivity index (χ1) is 16.3. The Morgan fingerprint density at radius 3 is 2.66 bits per heavy atom. The summed E-state index contributed by atoms with van der Waals surface area (Å²) in [5.74, 6) is -0.363. The van der Waals surface area contributed by atoms with Crippen molar-refractivity contribution in [2.24, 2.45) is 5.92 Å². The first-order valence-corrected chi connectivity index (χ1v) is 15.1. The quantitative estimate of drug-likeness (QED) is 0.388. The lowest BCUT2D eigenvalue weighted by Crippen LogP contribution is -2.62. The van der Waals surface area contributed by atoms with Crippen molar-refractivity contribution < 1.29 is 18.7 Å². The average Bonchev–Trinajstić information content (AvgIpc) is 2.76. The number of halogens is 2. The molecule has 1 amide bonds. The fraction of sp³-hybridized carbons (Fsp3) is 0.520. The number of carbonyl (C=O) groups is 1. The van der Waals surface area contributed by atoms with Gasteiger partial charge in [-0.15, -0.1) is 0 Å². The molecule has 1 saturated heterocycles. The topological polar surface area (TPSA) is 86.7 Å². The molecule has 0 bridgehead atoms. The third-order valence-corrected chi connectivity index (χ3v) is 11.8. The molecule has 3 atom stereocenters. The Kier molecular flexibility index (Phi) is 8.34. The summed E-state index contributed by atoms with van der Waals surface area (Å²) in [6.45, 7) is 14.7. The second-order valence-electron chi connectivity index (χ2n) is 10.8. The zero-order chi connectivity index (χ0) is 26.0. The van der Waals surface area contributed by atoms with E-state index in [-0.39, 0.29) is 28.1 Å². The van der Waals surface area contributed by atoms with Crippen LogP contribution in [-0.2, 0) is 11.0 Å². The van der Waals surface area contributed by atoms with Crippen molar-refractivity contribution >= 4 is 37.4 Å². The highest BCUT2D eigenvalue weighted by atomic mass is 35.5. The third-order valence-electron chi connectivity index (χ3n) is 7.03.